The number of piperidine rings is 1. The van der Waals surface area contributed by atoms with Crippen LogP contribution in [0.25, 0.3) is 0 Å². The molecule has 26 heavy (non-hydrogen) atoms. The fourth-order valence-electron chi connectivity index (χ4n) is 3.03. The van der Waals surface area contributed by atoms with Gasteiger partial charge < -0.3 is 10.2 Å². The van der Waals surface area contributed by atoms with E-state index < -0.39 is 0 Å². The highest BCUT2D eigenvalue weighted by atomic mass is 32.1. The number of benzene rings is 1. The van der Waals surface area contributed by atoms with Gasteiger partial charge in [-0.05, 0) is 37.1 Å². The molecule has 0 unspecified atom stereocenters. The largest absolute Gasteiger partial charge is 0.355 e. The maximum Gasteiger partial charge on any atom is 0.253 e. The van der Waals surface area contributed by atoms with Crippen LogP contribution in [0.15, 0.2) is 35.2 Å². The third kappa shape index (κ3) is 4.46. The Bertz CT molecular complexity index is 788. The van der Waals surface area contributed by atoms with Gasteiger partial charge in [0.05, 0.1) is 22.8 Å². The van der Waals surface area contributed by atoms with Crippen molar-refractivity contribution < 1.29 is 9.59 Å². The first-order valence-corrected chi connectivity index (χ1v) is 9.56. The number of likely N-dealkylation sites (tertiary alicyclic amines) is 1. The van der Waals surface area contributed by atoms with Crippen molar-refractivity contribution in [1.29, 1.82) is 5.26 Å². The van der Waals surface area contributed by atoms with E-state index in [9.17, 15) is 9.59 Å². The summed E-state index contributed by atoms with van der Waals surface area (Å²) < 4.78 is 0. The molecule has 1 N–H and O–H groups in total. The molecule has 1 fully saturated rings. The zero-order valence-corrected chi connectivity index (χ0v) is 15.2. The van der Waals surface area contributed by atoms with E-state index in [2.05, 4.69) is 10.3 Å². The lowest BCUT2D eigenvalue weighted by Crippen LogP contribution is -2.43. The minimum Gasteiger partial charge on any atom is -0.355 e. The van der Waals surface area contributed by atoms with E-state index >= 15 is 0 Å². The van der Waals surface area contributed by atoms with Gasteiger partial charge in [0.25, 0.3) is 5.91 Å². The Morgan fingerprint density at radius 2 is 2.00 bits per heavy atom. The number of amides is 2. The lowest BCUT2D eigenvalue weighted by atomic mass is 9.95. The maximum atomic E-state index is 12.5. The third-order valence-electron chi connectivity index (χ3n) is 4.58. The summed E-state index contributed by atoms with van der Waals surface area (Å²) in [6, 6.07) is 8.70. The molecule has 0 spiro atoms. The van der Waals surface area contributed by atoms with Gasteiger partial charge >= 0.3 is 0 Å². The Balaban J connectivity index is 1.44. The minimum absolute atomic E-state index is 0.0446. The minimum atomic E-state index is -0.0459. The summed E-state index contributed by atoms with van der Waals surface area (Å²) in [5.41, 5.74) is 3.90. The van der Waals surface area contributed by atoms with Crippen LogP contribution in [-0.4, -0.2) is 41.3 Å². The summed E-state index contributed by atoms with van der Waals surface area (Å²) in [5, 5.41) is 13.8. The molecule has 0 radical (unpaired) electrons. The molecule has 1 aromatic heterocycles. The molecule has 7 heteroatoms. The molecular weight excluding hydrogens is 348 g/mol. The number of thiazole rings is 1. The van der Waals surface area contributed by atoms with E-state index in [1.807, 2.05) is 11.4 Å². The normalized spacial score (nSPS) is 14.7. The number of carbonyl (C=O) groups is 2. The summed E-state index contributed by atoms with van der Waals surface area (Å²) in [7, 11) is 0. The molecule has 3 rings (SSSR count). The number of aromatic nitrogens is 1. The van der Waals surface area contributed by atoms with Crippen LogP contribution in [0.1, 0.15) is 34.5 Å². The Hall–Kier alpha value is -2.72. The second-order valence-corrected chi connectivity index (χ2v) is 7.00. The van der Waals surface area contributed by atoms with Crippen LogP contribution in [0.4, 0.5) is 0 Å². The average Bonchev–Trinajstić information content (AvgIpc) is 3.21. The smallest absolute Gasteiger partial charge is 0.253 e. The van der Waals surface area contributed by atoms with Crippen molar-refractivity contribution in [2.75, 3.05) is 19.6 Å². The van der Waals surface area contributed by atoms with Crippen LogP contribution < -0.4 is 5.32 Å². The number of hydrogen-bond donors (Lipinski definition) is 1. The van der Waals surface area contributed by atoms with Crippen molar-refractivity contribution in [3.63, 3.8) is 0 Å². The molecule has 1 aliphatic rings. The number of nitrogens with one attached hydrogen (secondary N) is 1. The van der Waals surface area contributed by atoms with Gasteiger partial charge in [0.2, 0.25) is 5.91 Å². The first-order valence-electron chi connectivity index (χ1n) is 8.61. The van der Waals surface area contributed by atoms with E-state index in [1.165, 1.54) is 0 Å². The third-order valence-corrected chi connectivity index (χ3v) is 5.21. The highest BCUT2D eigenvalue weighted by Gasteiger charge is 2.27. The Labute approximate surface area is 156 Å². The van der Waals surface area contributed by atoms with Crippen molar-refractivity contribution in [3.05, 3.63) is 52.0 Å². The molecule has 1 aromatic carbocycles. The van der Waals surface area contributed by atoms with Gasteiger partial charge in [0.1, 0.15) is 0 Å². The second-order valence-electron chi connectivity index (χ2n) is 6.28. The highest BCUT2D eigenvalue weighted by Crippen LogP contribution is 2.19. The fourth-order valence-corrected chi connectivity index (χ4v) is 3.63. The Morgan fingerprint density at radius 3 is 2.62 bits per heavy atom. The van der Waals surface area contributed by atoms with Gasteiger partial charge in [-0.2, -0.15) is 5.26 Å². The van der Waals surface area contributed by atoms with Crippen molar-refractivity contribution >= 4 is 23.2 Å². The molecule has 1 aliphatic heterocycles. The topological polar surface area (TPSA) is 86.1 Å². The molecule has 2 aromatic rings. The van der Waals surface area contributed by atoms with E-state index in [0.29, 0.717) is 43.6 Å². The summed E-state index contributed by atoms with van der Waals surface area (Å²) >= 11 is 1.55. The van der Waals surface area contributed by atoms with Gasteiger partial charge in [0, 0.05) is 42.9 Å². The Kier molecular flexibility index (Phi) is 5.97. The van der Waals surface area contributed by atoms with Crippen LogP contribution in [0.2, 0.25) is 0 Å². The second kappa shape index (κ2) is 8.59. The lowest BCUT2D eigenvalue weighted by molar-refractivity contribution is -0.126. The zero-order valence-electron chi connectivity index (χ0n) is 14.4. The SMILES string of the molecule is N#Cc1ccc(C(=O)N2CCC(C(=O)NCCc3cscn3)CC2)cc1. The lowest BCUT2D eigenvalue weighted by Gasteiger charge is -2.31. The molecule has 134 valence electrons. The summed E-state index contributed by atoms with van der Waals surface area (Å²) in [4.78, 5) is 30.8. The van der Waals surface area contributed by atoms with Crippen molar-refractivity contribution in [2.45, 2.75) is 19.3 Å². The molecule has 6 nitrogen and oxygen atoms in total. The quantitative estimate of drug-likeness (QED) is 0.877. The molecule has 0 aliphatic carbocycles. The zero-order chi connectivity index (χ0) is 18.4. The summed E-state index contributed by atoms with van der Waals surface area (Å²) in [5.74, 6) is -0.0296. The molecule has 0 atom stereocenters. The van der Waals surface area contributed by atoms with Crippen LogP contribution in [0.3, 0.4) is 0 Å². The number of rotatable bonds is 5. The van der Waals surface area contributed by atoms with E-state index in [-0.39, 0.29) is 17.7 Å². The molecule has 2 amide bonds. The van der Waals surface area contributed by atoms with E-state index in [0.717, 1.165) is 12.1 Å². The standard InChI is InChI=1S/C19H20N4O2S/c20-11-14-1-3-16(4-2-14)19(25)23-9-6-15(7-10-23)18(24)21-8-5-17-12-26-13-22-17/h1-4,12-13,15H,5-10H2,(H,21,24). The van der Waals surface area contributed by atoms with Crippen LogP contribution >= 0.6 is 11.3 Å². The van der Waals surface area contributed by atoms with Crippen LogP contribution in [0, 0.1) is 17.2 Å². The van der Waals surface area contributed by atoms with Gasteiger partial charge in [0.15, 0.2) is 0 Å². The van der Waals surface area contributed by atoms with E-state index in [4.69, 9.17) is 5.26 Å². The van der Waals surface area contributed by atoms with Crippen molar-refractivity contribution in [2.24, 2.45) is 5.92 Å². The predicted octanol–water partition coefficient (Wildman–Crippen LogP) is 2.23. The van der Waals surface area contributed by atoms with E-state index in [1.54, 1.807) is 46.0 Å². The van der Waals surface area contributed by atoms with Crippen LogP contribution in [-0.2, 0) is 11.2 Å². The van der Waals surface area contributed by atoms with Gasteiger partial charge in [-0.25, -0.2) is 4.98 Å². The summed E-state index contributed by atoms with van der Waals surface area (Å²) in [6.45, 7) is 1.74. The number of hydrogen-bond acceptors (Lipinski definition) is 5. The first-order chi connectivity index (χ1) is 12.7. The van der Waals surface area contributed by atoms with Crippen molar-refractivity contribution in [3.8, 4) is 6.07 Å². The monoisotopic (exact) mass is 368 g/mol. The van der Waals surface area contributed by atoms with Gasteiger partial charge in [-0.15, -0.1) is 11.3 Å². The van der Waals surface area contributed by atoms with Gasteiger partial charge in [-0.3, -0.25) is 9.59 Å². The summed E-state index contributed by atoms with van der Waals surface area (Å²) in [6.07, 6.45) is 2.08. The van der Waals surface area contributed by atoms with Crippen LogP contribution in [0.5, 0.6) is 0 Å². The average molecular weight is 368 g/mol. The first kappa shape index (κ1) is 18.1. The molecule has 1 saturated heterocycles. The molecular formula is C19H20N4O2S. The Morgan fingerprint density at radius 1 is 1.27 bits per heavy atom. The molecule has 0 saturated carbocycles. The predicted molar refractivity (Wildman–Crippen MR) is 98.6 cm³/mol. The van der Waals surface area contributed by atoms with Crippen molar-refractivity contribution in [1.82, 2.24) is 15.2 Å². The number of carbonyl (C=O) groups excluding carboxylic acids is 2. The number of nitriles is 1. The number of nitrogens with zero attached hydrogens (tertiary/aromatic N) is 3. The van der Waals surface area contributed by atoms with Gasteiger partial charge in [-0.1, -0.05) is 0 Å². The maximum absolute atomic E-state index is 12.5. The fraction of sp³-hybridized carbons (Fsp3) is 0.368. The molecule has 0 bridgehead atoms. The highest BCUT2D eigenvalue weighted by molar-refractivity contribution is 7.07. The molecule has 2 heterocycles.